The molecule has 5 rings (SSSR count). The number of carbonyl (C=O) groups excluding carboxylic acids is 2. The summed E-state index contributed by atoms with van der Waals surface area (Å²) in [6, 6.07) is 15.4. The van der Waals surface area contributed by atoms with Gasteiger partial charge < -0.3 is 47.8 Å². The molecule has 15 heteroatoms. The molecule has 2 aliphatic rings. The molecule has 2 fully saturated rings. The molecule has 1 atom stereocenters. The zero-order valence-corrected chi connectivity index (χ0v) is 33.0. The predicted molar refractivity (Wildman–Crippen MR) is 225 cm³/mol. The fourth-order valence-corrected chi connectivity index (χ4v) is 7.07. The molecule has 56 heavy (non-hydrogen) atoms. The van der Waals surface area contributed by atoms with E-state index in [4.69, 9.17) is 26.3 Å². The maximum Gasteiger partial charge on any atom is 0.237 e. The number of para-hydroxylation sites is 1. The van der Waals surface area contributed by atoms with Gasteiger partial charge in [-0.2, -0.15) is 10.1 Å². The smallest absolute Gasteiger partial charge is 0.237 e. The molecule has 0 spiro atoms. The number of aromatic nitrogens is 2. The summed E-state index contributed by atoms with van der Waals surface area (Å²) in [5, 5.41) is 21.8. The molecule has 2 heterocycles. The van der Waals surface area contributed by atoms with Gasteiger partial charge in [-0.15, -0.1) is 0 Å². The summed E-state index contributed by atoms with van der Waals surface area (Å²) >= 11 is 0. The predicted octanol–water partition coefficient (Wildman–Crippen LogP) is 3.55. The molecule has 0 bridgehead atoms. The second kappa shape index (κ2) is 23.3. The number of ether oxygens (including phenoxy) is 1. The topological polar surface area (TPSA) is 209 Å². The lowest BCUT2D eigenvalue weighted by molar-refractivity contribution is -0.132. The maximum atomic E-state index is 13.0. The van der Waals surface area contributed by atoms with E-state index in [2.05, 4.69) is 36.7 Å². The molecule has 9 N–H and O–H groups in total. The number of piperidine rings is 1. The van der Waals surface area contributed by atoms with Crippen molar-refractivity contribution in [2.45, 2.75) is 95.3 Å². The van der Waals surface area contributed by atoms with E-state index in [0.29, 0.717) is 44.4 Å². The van der Waals surface area contributed by atoms with Gasteiger partial charge in [-0.1, -0.05) is 43.5 Å². The first-order valence-corrected chi connectivity index (χ1v) is 20.3. The molecule has 2 aromatic carbocycles. The van der Waals surface area contributed by atoms with Crippen molar-refractivity contribution >= 4 is 46.4 Å². The highest BCUT2D eigenvalue weighted by molar-refractivity contribution is 6.32. The van der Waals surface area contributed by atoms with Crippen LogP contribution in [0.3, 0.4) is 0 Å². The Hall–Kier alpha value is -4.86. The van der Waals surface area contributed by atoms with Gasteiger partial charge in [-0.3, -0.25) is 14.6 Å². The number of anilines is 2. The molecular weight excluding hydrogens is 709 g/mol. The number of likely N-dealkylation sites (tertiary alicyclic amines) is 1. The van der Waals surface area contributed by atoms with Crippen molar-refractivity contribution in [3.63, 3.8) is 0 Å². The second-order valence-corrected chi connectivity index (χ2v) is 14.7. The number of amides is 2. The third kappa shape index (κ3) is 14.0. The summed E-state index contributed by atoms with van der Waals surface area (Å²) in [6.45, 7) is 5.60. The Bertz CT molecular complexity index is 1710. The molecule has 1 saturated heterocycles. The summed E-state index contributed by atoms with van der Waals surface area (Å²) < 4.78 is 5.17. The standard InChI is InChI=1S/C41H62N12O3/c1-56-34-15-13-30(14-16-34)27-47-40(55)36(42)17-18-38(54)53-25-19-32(20-26-53)49-39-35-11-5-6-12-37(35)50-41(51-39)48-29-33(52-43)28-45-23-7-21-44-22-8-24-46-31-9-3-2-4-10-31/h5-6,11-16,28,31-32,36,44,46H,2-4,7-10,17-27,29,42-43H2,1H3,(H,47,55)(H2,48,49,50,51)/t36-/m0/s1. The second-order valence-electron chi connectivity index (χ2n) is 14.7. The molecule has 1 saturated carbocycles. The monoisotopic (exact) mass is 771 g/mol. The molecule has 15 nitrogen and oxygen atoms in total. The van der Waals surface area contributed by atoms with E-state index in [1.807, 2.05) is 53.4 Å². The zero-order valence-electron chi connectivity index (χ0n) is 33.0. The fraction of sp³-hybridized carbons (Fsp3) is 0.561. The number of nitrogens with one attached hydrogen (secondary N) is 5. The van der Waals surface area contributed by atoms with Crippen LogP contribution in [0.4, 0.5) is 11.8 Å². The summed E-state index contributed by atoms with van der Waals surface area (Å²) in [5.41, 5.74) is 8.48. The number of hydrogen-bond acceptors (Lipinski definition) is 13. The molecule has 304 valence electrons. The van der Waals surface area contributed by atoms with Crippen LogP contribution >= 0.6 is 0 Å². The Labute approximate surface area is 331 Å². The Morgan fingerprint density at radius 1 is 0.964 bits per heavy atom. The number of hydrazone groups is 1. The van der Waals surface area contributed by atoms with Gasteiger partial charge in [0.2, 0.25) is 17.8 Å². The number of nitrogens with two attached hydrogens (primary N) is 2. The van der Waals surface area contributed by atoms with Crippen LogP contribution in [0, 0.1) is 0 Å². The summed E-state index contributed by atoms with van der Waals surface area (Å²) in [5.74, 6) is 7.36. The van der Waals surface area contributed by atoms with E-state index in [1.165, 1.54) is 32.1 Å². The minimum atomic E-state index is -0.759. The first-order valence-electron chi connectivity index (χ1n) is 20.3. The Morgan fingerprint density at radius 3 is 2.50 bits per heavy atom. The number of nitrogens with zero attached hydrogens (tertiary/aromatic N) is 5. The Balaban J connectivity index is 0.997. The van der Waals surface area contributed by atoms with Gasteiger partial charge >= 0.3 is 0 Å². The van der Waals surface area contributed by atoms with Gasteiger partial charge in [0.25, 0.3) is 0 Å². The SMILES string of the molecule is COc1ccc(CNC(=O)[C@@H](N)CCC(=O)N2CCC(Nc3nc(NCC(C=NCCCNCCCNC4CCCCC4)=NN)nc4ccccc34)CC2)cc1. The normalized spacial score (nSPS) is 16.2. The lowest BCUT2D eigenvalue weighted by Crippen LogP contribution is -2.44. The molecular formula is C41H62N12O3. The lowest BCUT2D eigenvalue weighted by Gasteiger charge is -2.33. The zero-order chi connectivity index (χ0) is 39.4. The summed E-state index contributed by atoms with van der Waals surface area (Å²) in [6.07, 6.45) is 12.6. The van der Waals surface area contributed by atoms with Crippen LogP contribution in [0.15, 0.2) is 58.6 Å². The van der Waals surface area contributed by atoms with Gasteiger partial charge in [0, 0.05) is 56.3 Å². The molecule has 0 radical (unpaired) electrons. The van der Waals surface area contributed by atoms with Crippen molar-refractivity contribution < 1.29 is 14.3 Å². The van der Waals surface area contributed by atoms with Crippen molar-refractivity contribution in [3.8, 4) is 5.75 Å². The number of aliphatic imine (C=N–C) groups is 1. The fourth-order valence-electron chi connectivity index (χ4n) is 7.07. The van der Waals surface area contributed by atoms with Gasteiger partial charge in [-0.05, 0) is 94.4 Å². The highest BCUT2D eigenvalue weighted by atomic mass is 16.5. The van der Waals surface area contributed by atoms with Crippen molar-refractivity contribution in [1.82, 2.24) is 30.8 Å². The number of hydrogen-bond donors (Lipinski definition) is 7. The van der Waals surface area contributed by atoms with Gasteiger partial charge in [0.15, 0.2) is 0 Å². The lowest BCUT2D eigenvalue weighted by atomic mass is 9.95. The average molecular weight is 771 g/mol. The van der Waals surface area contributed by atoms with E-state index >= 15 is 0 Å². The van der Waals surface area contributed by atoms with E-state index < -0.39 is 6.04 Å². The first kappa shape index (κ1) is 42.3. The van der Waals surface area contributed by atoms with Crippen LogP contribution in [-0.2, 0) is 16.1 Å². The van der Waals surface area contributed by atoms with Crippen LogP contribution in [0.25, 0.3) is 10.9 Å². The number of benzene rings is 2. The third-order valence-corrected chi connectivity index (χ3v) is 10.5. The van der Waals surface area contributed by atoms with Crippen LogP contribution in [-0.4, -0.2) is 110 Å². The maximum absolute atomic E-state index is 13.0. The van der Waals surface area contributed by atoms with Crippen LogP contribution < -0.4 is 42.9 Å². The van der Waals surface area contributed by atoms with Crippen molar-refractivity contribution in [3.05, 3.63) is 54.1 Å². The van der Waals surface area contributed by atoms with Crippen LogP contribution in [0.5, 0.6) is 5.75 Å². The van der Waals surface area contributed by atoms with E-state index in [0.717, 1.165) is 79.4 Å². The Kier molecular flexibility index (Phi) is 17.6. The molecule has 1 aliphatic carbocycles. The quantitative estimate of drug-likeness (QED) is 0.0340. The van der Waals surface area contributed by atoms with Gasteiger partial charge in [-0.25, -0.2) is 4.98 Å². The third-order valence-electron chi connectivity index (χ3n) is 10.5. The minimum absolute atomic E-state index is 0.00594. The van der Waals surface area contributed by atoms with Crippen molar-refractivity contribution in [2.75, 3.05) is 63.6 Å². The highest BCUT2D eigenvalue weighted by Crippen LogP contribution is 2.25. The summed E-state index contributed by atoms with van der Waals surface area (Å²) in [4.78, 5) is 41.5. The van der Waals surface area contributed by atoms with E-state index in [1.54, 1.807) is 13.3 Å². The molecule has 1 aromatic heterocycles. The molecule has 0 unspecified atom stereocenters. The summed E-state index contributed by atoms with van der Waals surface area (Å²) in [7, 11) is 1.61. The Morgan fingerprint density at radius 2 is 1.73 bits per heavy atom. The number of fused-ring (bicyclic) bond motifs is 1. The van der Waals surface area contributed by atoms with Crippen molar-refractivity contribution in [1.29, 1.82) is 0 Å². The minimum Gasteiger partial charge on any atom is -0.497 e. The average Bonchev–Trinajstić information content (AvgIpc) is 3.24. The van der Waals surface area contributed by atoms with Gasteiger partial charge in [0.05, 0.1) is 30.9 Å². The van der Waals surface area contributed by atoms with Crippen LogP contribution in [0.2, 0.25) is 0 Å². The van der Waals surface area contributed by atoms with E-state index in [-0.39, 0.29) is 30.7 Å². The number of rotatable bonds is 22. The highest BCUT2D eigenvalue weighted by Gasteiger charge is 2.25. The van der Waals surface area contributed by atoms with Crippen LogP contribution in [0.1, 0.15) is 76.2 Å². The van der Waals surface area contributed by atoms with Gasteiger partial charge in [0.1, 0.15) is 11.6 Å². The number of carbonyl (C=O) groups is 2. The van der Waals surface area contributed by atoms with E-state index in [9.17, 15) is 9.59 Å². The molecule has 3 aromatic rings. The first-order chi connectivity index (χ1) is 27.4. The molecule has 2 amide bonds. The molecule has 1 aliphatic heterocycles. The number of methoxy groups -OCH3 is 1. The largest absolute Gasteiger partial charge is 0.497 e. The van der Waals surface area contributed by atoms with Crippen molar-refractivity contribution in [2.24, 2.45) is 21.7 Å².